The van der Waals surface area contributed by atoms with Gasteiger partial charge in [0.1, 0.15) is 5.60 Å². The highest BCUT2D eigenvalue weighted by Crippen LogP contribution is 2.26. The summed E-state index contributed by atoms with van der Waals surface area (Å²) in [5.41, 5.74) is -0.619. The van der Waals surface area contributed by atoms with Gasteiger partial charge in [-0.3, -0.25) is 4.79 Å². The zero-order valence-corrected chi connectivity index (χ0v) is 9.22. The van der Waals surface area contributed by atoms with Crippen LogP contribution in [0.3, 0.4) is 0 Å². The van der Waals surface area contributed by atoms with Crippen LogP contribution < -0.4 is 5.32 Å². The normalized spacial score (nSPS) is 27.1. The SMILES string of the molecule is CC(C)(C)OC(=O)[C@@H]1CNC[C@@H]1C(F)F. The number of halogens is 2. The van der Waals surface area contributed by atoms with Gasteiger partial charge in [-0.05, 0) is 20.8 Å². The second kappa shape index (κ2) is 4.43. The van der Waals surface area contributed by atoms with Gasteiger partial charge >= 0.3 is 5.97 Å². The molecule has 2 atom stereocenters. The van der Waals surface area contributed by atoms with Crippen LogP contribution in [0, 0.1) is 11.8 Å². The first kappa shape index (κ1) is 12.4. The first-order valence-electron chi connectivity index (χ1n) is 5.03. The minimum Gasteiger partial charge on any atom is -0.460 e. The zero-order valence-electron chi connectivity index (χ0n) is 9.22. The highest BCUT2D eigenvalue weighted by atomic mass is 19.3. The molecular formula is C10H17F2NO2. The molecule has 1 N–H and O–H groups in total. The molecule has 1 aliphatic rings. The van der Waals surface area contributed by atoms with Crippen LogP contribution >= 0.6 is 0 Å². The molecule has 0 radical (unpaired) electrons. The molecule has 0 aromatic carbocycles. The maximum absolute atomic E-state index is 12.5. The van der Waals surface area contributed by atoms with E-state index in [1.54, 1.807) is 20.8 Å². The molecule has 0 bridgehead atoms. The maximum atomic E-state index is 12.5. The van der Waals surface area contributed by atoms with Crippen LogP contribution in [0.25, 0.3) is 0 Å². The molecule has 3 nitrogen and oxygen atoms in total. The number of hydrogen-bond donors (Lipinski definition) is 1. The largest absolute Gasteiger partial charge is 0.460 e. The Labute approximate surface area is 88.2 Å². The molecule has 1 fully saturated rings. The van der Waals surface area contributed by atoms with Gasteiger partial charge in [0.05, 0.1) is 5.92 Å². The van der Waals surface area contributed by atoms with E-state index in [0.717, 1.165) is 0 Å². The van der Waals surface area contributed by atoms with Crippen LogP contribution in [0.1, 0.15) is 20.8 Å². The Morgan fingerprint density at radius 3 is 2.47 bits per heavy atom. The van der Waals surface area contributed by atoms with Crippen LogP contribution in [-0.2, 0) is 9.53 Å². The van der Waals surface area contributed by atoms with Gasteiger partial charge in [0.25, 0.3) is 0 Å². The van der Waals surface area contributed by atoms with E-state index >= 15 is 0 Å². The summed E-state index contributed by atoms with van der Waals surface area (Å²) in [5, 5.41) is 2.79. The van der Waals surface area contributed by atoms with Crippen molar-refractivity contribution >= 4 is 5.97 Å². The third kappa shape index (κ3) is 3.41. The molecule has 0 unspecified atom stereocenters. The number of ether oxygens (including phenoxy) is 1. The molecular weight excluding hydrogens is 204 g/mol. The number of alkyl halides is 2. The summed E-state index contributed by atoms with van der Waals surface area (Å²) in [7, 11) is 0. The molecule has 1 rings (SSSR count). The molecule has 5 heteroatoms. The fourth-order valence-electron chi connectivity index (χ4n) is 1.60. The Bertz CT molecular complexity index is 238. The van der Waals surface area contributed by atoms with Crippen molar-refractivity contribution in [1.29, 1.82) is 0 Å². The van der Waals surface area contributed by atoms with Crippen LogP contribution in [0.15, 0.2) is 0 Å². The first-order chi connectivity index (χ1) is 6.81. The molecule has 15 heavy (non-hydrogen) atoms. The summed E-state index contributed by atoms with van der Waals surface area (Å²) in [6.07, 6.45) is -2.47. The number of nitrogens with one attached hydrogen (secondary N) is 1. The minimum absolute atomic E-state index is 0.182. The van der Waals surface area contributed by atoms with Gasteiger partial charge in [-0.25, -0.2) is 8.78 Å². The number of carbonyl (C=O) groups excluding carboxylic acids is 1. The number of carbonyl (C=O) groups is 1. The van der Waals surface area contributed by atoms with Crippen molar-refractivity contribution < 1.29 is 18.3 Å². The molecule has 0 aromatic rings. The topological polar surface area (TPSA) is 38.3 Å². The monoisotopic (exact) mass is 221 g/mol. The van der Waals surface area contributed by atoms with Gasteiger partial charge in [-0.1, -0.05) is 0 Å². The Hall–Kier alpha value is -0.710. The van der Waals surface area contributed by atoms with Gasteiger partial charge in [0.15, 0.2) is 0 Å². The summed E-state index contributed by atoms with van der Waals surface area (Å²) in [5.74, 6) is -2.16. The van der Waals surface area contributed by atoms with E-state index < -0.39 is 29.8 Å². The molecule has 1 aliphatic heterocycles. The average Bonchev–Trinajstić information content (AvgIpc) is 2.47. The van der Waals surface area contributed by atoms with Crippen molar-refractivity contribution in [3.05, 3.63) is 0 Å². The van der Waals surface area contributed by atoms with E-state index in [9.17, 15) is 13.6 Å². The van der Waals surface area contributed by atoms with Crippen molar-refractivity contribution in [3.8, 4) is 0 Å². The standard InChI is InChI=1S/C10H17F2NO2/c1-10(2,3)15-9(14)7-5-13-4-6(7)8(11)12/h6-8,13H,4-5H2,1-3H3/t6-,7+/m0/s1. The predicted octanol–water partition coefficient (Wildman–Crippen LogP) is 1.43. The molecule has 0 saturated carbocycles. The summed E-state index contributed by atoms with van der Waals surface area (Å²) in [6, 6.07) is 0. The number of esters is 1. The third-order valence-corrected chi connectivity index (χ3v) is 2.29. The van der Waals surface area contributed by atoms with Crippen molar-refractivity contribution in [2.24, 2.45) is 11.8 Å². The van der Waals surface area contributed by atoms with Gasteiger partial charge in [-0.2, -0.15) is 0 Å². The molecule has 1 heterocycles. The lowest BCUT2D eigenvalue weighted by atomic mass is 9.96. The molecule has 0 spiro atoms. The van der Waals surface area contributed by atoms with Crippen LogP contribution in [0.5, 0.6) is 0 Å². The highest BCUT2D eigenvalue weighted by Gasteiger charge is 2.40. The van der Waals surface area contributed by atoms with Gasteiger partial charge in [0, 0.05) is 19.0 Å². The smallest absolute Gasteiger partial charge is 0.311 e. The van der Waals surface area contributed by atoms with Crippen LogP contribution in [0.2, 0.25) is 0 Å². The van der Waals surface area contributed by atoms with E-state index in [1.807, 2.05) is 0 Å². The van der Waals surface area contributed by atoms with Crippen molar-refractivity contribution in [1.82, 2.24) is 5.32 Å². The van der Waals surface area contributed by atoms with Crippen LogP contribution in [0.4, 0.5) is 8.78 Å². The molecule has 88 valence electrons. The quantitative estimate of drug-likeness (QED) is 0.717. The second-order valence-corrected chi connectivity index (χ2v) is 4.80. The Morgan fingerprint density at radius 2 is 2.00 bits per heavy atom. The van der Waals surface area contributed by atoms with E-state index in [0.29, 0.717) is 0 Å². The lowest BCUT2D eigenvalue weighted by Gasteiger charge is -2.24. The lowest BCUT2D eigenvalue weighted by molar-refractivity contribution is -0.162. The third-order valence-electron chi connectivity index (χ3n) is 2.29. The maximum Gasteiger partial charge on any atom is 0.311 e. The molecule has 0 aliphatic carbocycles. The fourth-order valence-corrected chi connectivity index (χ4v) is 1.60. The number of rotatable bonds is 2. The van der Waals surface area contributed by atoms with Gasteiger partial charge < -0.3 is 10.1 Å². The average molecular weight is 221 g/mol. The Morgan fingerprint density at radius 1 is 1.40 bits per heavy atom. The summed E-state index contributed by atoms with van der Waals surface area (Å²) < 4.78 is 30.2. The summed E-state index contributed by atoms with van der Waals surface area (Å²) in [4.78, 5) is 11.6. The van der Waals surface area contributed by atoms with Crippen molar-refractivity contribution in [2.45, 2.75) is 32.8 Å². The predicted molar refractivity (Wildman–Crippen MR) is 51.7 cm³/mol. The summed E-state index contributed by atoms with van der Waals surface area (Å²) in [6.45, 7) is 5.64. The zero-order chi connectivity index (χ0) is 11.6. The fraction of sp³-hybridized carbons (Fsp3) is 0.900. The first-order valence-corrected chi connectivity index (χ1v) is 5.03. The Kier molecular flexibility index (Phi) is 3.65. The van der Waals surface area contributed by atoms with Gasteiger partial charge in [-0.15, -0.1) is 0 Å². The molecule has 0 amide bonds. The van der Waals surface area contributed by atoms with Gasteiger partial charge in [0.2, 0.25) is 6.43 Å². The molecule has 0 aromatic heterocycles. The second-order valence-electron chi connectivity index (χ2n) is 4.80. The number of hydrogen-bond acceptors (Lipinski definition) is 3. The van der Waals surface area contributed by atoms with Crippen molar-refractivity contribution in [2.75, 3.05) is 13.1 Å². The van der Waals surface area contributed by atoms with Crippen LogP contribution in [-0.4, -0.2) is 31.1 Å². The lowest BCUT2D eigenvalue weighted by Crippen LogP contribution is -2.34. The molecule has 1 saturated heterocycles. The van der Waals surface area contributed by atoms with E-state index in [4.69, 9.17) is 4.74 Å². The van der Waals surface area contributed by atoms with E-state index in [2.05, 4.69) is 5.32 Å². The van der Waals surface area contributed by atoms with E-state index in [-0.39, 0.29) is 13.1 Å². The van der Waals surface area contributed by atoms with E-state index in [1.165, 1.54) is 0 Å². The Balaban J connectivity index is 2.59. The summed E-state index contributed by atoms with van der Waals surface area (Å²) >= 11 is 0. The van der Waals surface area contributed by atoms with Crippen molar-refractivity contribution in [3.63, 3.8) is 0 Å². The highest BCUT2D eigenvalue weighted by molar-refractivity contribution is 5.74. The minimum atomic E-state index is -2.47.